The molecule has 0 heterocycles. The van der Waals surface area contributed by atoms with E-state index in [1.165, 1.54) is 43.4 Å². The minimum atomic E-state index is 0. The molecule has 0 atom stereocenters. The number of nitrogens with zero attached hydrogens (tertiary/aromatic N) is 1. The van der Waals surface area contributed by atoms with E-state index in [0.29, 0.717) is 6.61 Å². The summed E-state index contributed by atoms with van der Waals surface area (Å²) < 4.78 is 1.20. The lowest BCUT2D eigenvalue weighted by Crippen LogP contribution is -3.00. The molecule has 0 rings (SSSR count). The second-order valence-corrected chi connectivity index (χ2v) is 4.21. The Labute approximate surface area is 102 Å². The molecule has 0 saturated heterocycles. The van der Waals surface area contributed by atoms with E-state index in [1.807, 2.05) is 0 Å². The van der Waals surface area contributed by atoms with Crippen LogP contribution in [-0.4, -0.2) is 42.4 Å². The van der Waals surface area contributed by atoms with Gasteiger partial charge in [0, 0.05) is 13.0 Å². The van der Waals surface area contributed by atoms with Gasteiger partial charge in [0.1, 0.15) is 0 Å². The van der Waals surface area contributed by atoms with Gasteiger partial charge < -0.3 is 22.0 Å². The summed E-state index contributed by atoms with van der Waals surface area (Å²) in [7, 11) is 0. The molecule has 0 saturated carbocycles. The van der Waals surface area contributed by atoms with E-state index in [0.717, 1.165) is 13.0 Å². The summed E-state index contributed by atoms with van der Waals surface area (Å²) in [6, 6.07) is 0. The van der Waals surface area contributed by atoms with E-state index in [9.17, 15) is 0 Å². The Morgan fingerprint density at radius 1 is 0.867 bits per heavy atom. The van der Waals surface area contributed by atoms with Crippen LogP contribution >= 0.6 is 0 Å². The molecule has 0 aliphatic rings. The molecule has 0 aromatic rings. The first-order valence-electron chi connectivity index (χ1n) is 6.20. The normalized spacial score (nSPS) is 11.2. The molecule has 0 radical (unpaired) electrons. The molecule has 0 unspecified atom stereocenters. The van der Waals surface area contributed by atoms with Gasteiger partial charge in [0.25, 0.3) is 0 Å². The minimum Gasteiger partial charge on any atom is -1.00 e. The van der Waals surface area contributed by atoms with Crippen LogP contribution in [0.25, 0.3) is 0 Å². The Kier molecular flexibility index (Phi) is 12.6. The third-order valence-electron chi connectivity index (χ3n) is 3.37. The average molecular weight is 238 g/mol. The number of halogens is 1. The molecule has 0 aromatic heterocycles. The van der Waals surface area contributed by atoms with Crippen LogP contribution in [0.3, 0.4) is 0 Å². The number of unbranched alkanes of at least 4 members (excludes halogenated alkanes) is 2. The summed E-state index contributed by atoms with van der Waals surface area (Å²) in [4.78, 5) is 0. The second kappa shape index (κ2) is 10.7. The summed E-state index contributed by atoms with van der Waals surface area (Å²) in [5.74, 6) is 0. The Hall–Kier alpha value is 0.210. The summed E-state index contributed by atoms with van der Waals surface area (Å²) in [6.07, 6.45) is 4.93. The minimum absolute atomic E-state index is 0. The molecule has 94 valence electrons. The van der Waals surface area contributed by atoms with Crippen LogP contribution in [0.2, 0.25) is 0 Å². The van der Waals surface area contributed by atoms with Gasteiger partial charge in [-0.3, -0.25) is 0 Å². The van der Waals surface area contributed by atoms with Gasteiger partial charge >= 0.3 is 0 Å². The molecule has 2 nitrogen and oxygen atoms in total. The molecule has 0 spiro atoms. The van der Waals surface area contributed by atoms with Crippen LogP contribution in [0.1, 0.15) is 46.5 Å². The van der Waals surface area contributed by atoms with Gasteiger partial charge in [-0.05, 0) is 26.7 Å². The molecular formula is C12H28ClNO. The van der Waals surface area contributed by atoms with Crippen molar-refractivity contribution in [2.75, 3.05) is 32.8 Å². The maximum Gasteiger partial charge on any atom is 0.0808 e. The van der Waals surface area contributed by atoms with Crippen molar-refractivity contribution in [2.45, 2.75) is 46.5 Å². The van der Waals surface area contributed by atoms with Gasteiger partial charge in [-0.25, -0.2) is 0 Å². The Bertz CT molecular complexity index is 127. The number of rotatable bonds is 9. The number of quaternary nitrogens is 1. The van der Waals surface area contributed by atoms with Gasteiger partial charge in [-0.15, -0.1) is 0 Å². The summed E-state index contributed by atoms with van der Waals surface area (Å²) in [5, 5.41) is 8.88. The van der Waals surface area contributed by atoms with Crippen LogP contribution in [0.4, 0.5) is 0 Å². The standard InChI is InChI=1S/C12H28NO.ClH/c1-4-7-8-10-13(5-2,6-3)11-9-12-14;/h14H,4-12H2,1-3H3;1H/q+1;/p-1. The first-order valence-corrected chi connectivity index (χ1v) is 6.20. The van der Waals surface area contributed by atoms with E-state index in [-0.39, 0.29) is 12.4 Å². The van der Waals surface area contributed by atoms with E-state index in [4.69, 9.17) is 5.11 Å². The lowest BCUT2D eigenvalue weighted by molar-refractivity contribution is -0.925. The quantitative estimate of drug-likeness (QED) is 0.420. The van der Waals surface area contributed by atoms with Crippen LogP contribution in [0.5, 0.6) is 0 Å². The van der Waals surface area contributed by atoms with Gasteiger partial charge in [0.2, 0.25) is 0 Å². The fourth-order valence-corrected chi connectivity index (χ4v) is 2.07. The van der Waals surface area contributed by atoms with Crippen molar-refractivity contribution in [3.63, 3.8) is 0 Å². The Balaban J connectivity index is 0. The van der Waals surface area contributed by atoms with Crippen molar-refractivity contribution < 1.29 is 22.0 Å². The second-order valence-electron chi connectivity index (χ2n) is 4.21. The highest BCUT2D eigenvalue weighted by Crippen LogP contribution is 2.11. The van der Waals surface area contributed by atoms with E-state index >= 15 is 0 Å². The van der Waals surface area contributed by atoms with Gasteiger partial charge in [0.15, 0.2) is 0 Å². The van der Waals surface area contributed by atoms with Crippen molar-refractivity contribution in [1.82, 2.24) is 0 Å². The van der Waals surface area contributed by atoms with Crippen LogP contribution in [-0.2, 0) is 0 Å². The molecule has 0 fully saturated rings. The molecule has 3 heteroatoms. The van der Waals surface area contributed by atoms with Crippen LogP contribution < -0.4 is 12.4 Å². The lowest BCUT2D eigenvalue weighted by atomic mass is 10.2. The maximum absolute atomic E-state index is 8.88. The predicted octanol–water partition coefficient (Wildman–Crippen LogP) is -0.580. The van der Waals surface area contributed by atoms with Crippen molar-refractivity contribution in [1.29, 1.82) is 0 Å². The predicted molar refractivity (Wildman–Crippen MR) is 62.3 cm³/mol. The molecule has 15 heavy (non-hydrogen) atoms. The maximum atomic E-state index is 8.88. The van der Waals surface area contributed by atoms with Crippen LogP contribution in [0, 0.1) is 0 Å². The molecule has 0 bridgehead atoms. The van der Waals surface area contributed by atoms with E-state index < -0.39 is 0 Å². The van der Waals surface area contributed by atoms with E-state index in [2.05, 4.69) is 20.8 Å². The van der Waals surface area contributed by atoms with Crippen molar-refractivity contribution in [3.05, 3.63) is 0 Å². The summed E-state index contributed by atoms with van der Waals surface area (Å²) >= 11 is 0. The van der Waals surface area contributed by atoms with Gasteiger partial charge in [-0.2, -0.15) is 0 Å². The highest BCUT2D eigenvalue weighted by molar-refractivity contribution is 4.44. The topological polar surface area (TPSA) is 20.2 Å². The van der Waals surface area contributed by atoms with Crippen LogP contribution in [0.15, 0.2) is 0 Å². The molecule has 0 aliphatic carbocycles. The highest BCUT2D eigenvalue weighted by atomic mass is 35.5. The average Bonchev–Trinajstić information content (AvgIpc) is 2.24. The molecular weight excluding hydrogens is 210 g/mol. The number of aliphatic hydroxyl groups is 1. The number of hydrogen-bond acceptors (Lipinski definition) is 1. The molecule has 0 amide bonds. The van der Waals surface area contributed by atoms with Crippen molar-refractivity contribution >= 4 is 0 Å². The zero-order valence-electron chi connectivity index (χ0n) is 10.6. The van der Waals surface area contributed by atoms with Gasteiger partial charge in [0.05, 0.1) is 26.2 Å². The first kappa shape index (κ1) is 17.6. The molecule has 1 N–H and O–H groups in total. The zero-order valence-corrected chi connectivity index (χ0v) is 11.4. The highest BCUT2D eigenvalue weighted by Gasteiger charge is 2.21. The summed E-state index contributed by atoms with van der Waals surface area (Å²) in [6.45, 7) is 12.0. The molecule has 0 aliphatic heterocycles. The van der Waals surface area contributed by atoms with Crippen molar-refractivity contribution in [2.24, 2.45) is 0 Å². The number of aliphatic hydroxyl groups excluding tert-OH is 1. The SMILES string of the molecule is CCCCC[N+](CC)(CC)CCCO.[Cl-]. The zero-order chi connectivity index (χ0) is 10.9. The third-order valence-corrected chi connectivity index (χ3v) is 3.37. The largest absolute Gasteiger partial charge is 1.00 e. The Morgan fingerprint density at radius 3 is 1.80 bits per heavy atom. The van der Waals surface area contributed by atoms with Gasteiger partial charge in [-0.1, -0.05) is 13.3 Å². The smallest absolute Gasteiger partial charge is 0.0808 e. The third kappa shape index (κ3) is 7.15. The fraction of sp³-hybridized carbons (Fsp3) is 1.00. The van der Waals surface area contributed by atoms with E-state index in [1.54, 1.807) is 0 Å². The lowest BCUT2D eigenvalue weighted by Gasteiger charge is -2.37. The summed E-state index contributed by atoms with van der Waals surface area (Å²) in [5.41, 5.74) is 0. The molecule has 0 aromatic carbocycles. The Morgan fingerprint density at radius 2 is 1.40 bits per heavy atom. The monoisotopic (exact) mass is 237 g/mol. The number of hydrogen-bond donors (Lipinski definition) is 1. The fourth-order valence-electron chi connectivity index (χ4n) is 2.07. The van der Waals surface area contributed by atoms with Crippen molar-refractivity contribution in [3.8, 4) is 0 Å². The first-order chi connectivity index (χ1) is 6.74.